The molecule has 0 saturated carbocycles. The number of carbonyl (C=O) groups is 1. The number of rotatable bonds is 4. The van der Waals surface area contributed by atoms with Crippen LogP contribution in [0.4, 0.5) is 5.69 Å². The monoisotopic (exact) mass is 302 g/mol. The van der Waals surface area contributed by atoms with Gasteiger partial charge in [-0.2, -0.15) is 0 Å². The van der Waals surface area contributed by atoms with E-state index in [0.29, 0.717) is 22.7 Å². The van der Waals surface area contributed by atoms with E-state index in [2.05, 4.69) is 0 Å². The van der Waals surface area contributed by atoms with Crippen LogP contribution in [0.5, 0.6) is 11.5 Å². The van der Waals surface area contributed by atoms with Crippen molar-refractivity contribution in [3.05, 3.63) is 48.0 Å². The summed E-state index contributed by atoms with van der Waals surface area (Å²) in [6, 6.07) is 12.8. The minimum absolute atomic E-state index is 0.0856. The average Bonchev–Trinajstić information content (AvgIpc) is 2.49. The fourth-order valence-electron chi connectivity index (χ4n) is 1.80. The van der Waals surface area contributed by atoms with E-state index in [-0.39, 0.29) is 5.91 Å². The van der Waals surface area contributed by atoms with Crippen molar-refractivity contribution in [2.75, 3.05) is 26.1 Å². The van der Waals surface area contributed by atoms with E-state index in [1.54, 1.807) is 44.1 Å². The molecular weight excluding hydrogens is 284 g/mol. The van der Waals surface area contributed by atoms with Gasteiger partial charge in [-0.1, -0.05) is 0 Å². The standard InChI is InChI=1S/C16H18N2O2S/c1-18(2)16(19)11-4-9-15(14(17)10-11)20-12-5-7-13(21-3)8-6-12/h4-10H,17H2,1-3H3. The average molecular weight is 302 g/mol. The Morgan fingerprint density at radius 1 is 1.14 bits per heavy atom. The number of carbonyl (C=O) groups excluding carboxylic acids is 1. The van der Waals surface area contributed by atoms with Gasteiger partial charge in [-0.3, -0.25) is 4.79 Å². The maximum Gasteiger partial charge on any atom is 0.253 e. The summed E-state index contributed by atoms with van der Waals surface area (Å²) in [4.78, 5) is 14.5. The highest BCUT2D eigenvalue weighted by Gasteiger charge is 2.11. The van der Waals surface area contributed by atoms with Crippen LogP contribution < -0.4 is 10.5 Å². The molecule has 0 aliphatic rings. The summed E-state index contributed by atoms with van der Waals surface area (Å²) >= 11 is 1.67. The molecule has 0 fully saturated rings. The molecule has 5 heteroatoms. The van der Waals surface area contributed by atoms with Crippen LogP contribution in [0.3, 0.4) is 0 Å². The molecule has 0 unspecified atom stereocenters. The van der Waals surface area contributed by atoms with Gasteiger partial charge in [0.15, 0.2) is 0 Å². The van der Waals surface area contributed by atoms with Crippen molar-refractivity contribution >= 4 is 23.4 Å². The molecule has 2 rings (SSSR count). The summed E-state index contributed by atoms with van der Waals surface area (Å²) in [6.45, 7) is 0. The topological polar surface area (TPSA) is 55.6 Å². The normalized spacial score (nSPS) is 10.2. The highest BCUT2D eigenvalue weighted by atomic mass is 32.2. The van der Waals surface area contributed by atoms with Crippen LogP contribution >= 0.6 is 11.8 Å². The molecule has 4 nitrogen and oxygen atoms in total. The number of thioether (sulfide) groups is 1. The smallest absolute Gasteiger partial charge is 0.253 e. The SMILES string of the molecule is CSc1ccc(Oc2ccc(C(=O)N(C)C)cc2N)cc1. The molecule has 0 radical (unpaired) electrons. The van der Waals surface area contributed by atoms with Gasteiger partial charge in [0.2, 0.25) is 0 Å². The van der Waals surface area contributed by atoms with Crippen molar-refractivity contribution in [1.29, 1.82) is 0 Å². The van der Waals surface area contributed by atoms with Crippen molar-refractivity contribution in [3.8, 4) is 11.5 Å². The minimum atomic E-state index is -0.0856. The second-order valence-corrected chi connectivity index (χ2v) is 5.61. The first-order chi connectivity index (χ1) is 10.0. The summed E-state index contributed by atoms with van der Waals surface area (Å²) in [5.74, 6) is 1.17. The first-order valence-electron chi connectivity index (χ1n) is 6.44. The third-order valence-electron chi connectivity index (χ3n) is 2.95. The Bertz CT molecular complexity index is 639. The predicted octanol–water partition coefficient (Wildman–Crippen LogP) is 3.48. The van der Waals surface area contributed by atoms with Gasteiger partial charge < -0.3 is 15.4 Å². The zero-order valence-corrected chi connectivity index (χ0v) is 13.1. The van der Waals surface area contributed by atoms with Gasteiger partial charge in [0.1, 0.15) is 11.5 Å². The molecule has 1 amide bonds. The predicted molar refractivity (Wildman–Crippen MR) is 87.2 cm³/mol. The number of nitrogens with two attached hydrogens (primary N) is 1. The first kappa shape index (κ1) is 15.3. The number of amides is 1. The number of hydrogen-bond acceptors (Lipinski definition) is 4. The second-order valence-electron chi connectivity index (χ2n) is 4.73. The summed E-state index contributed by atoms with van der Waals surface area (Å²) in [6.07, 6.45) is 2.02. The molecule has 0 bridgehead atoms. The summed E-state index contributed by atoms with van der Waals surface area (Å²) < 4.78 is 5.74. The lowest BCUT2D eigenvalue weighted by Crippen LogP contribution is -2.21. The van der Waals surface area contributed by atoms with Gasteiger partial charge in [0.25, 0.3) is 5.91 Å². The number of nitrogen functional groups attached to an aromatic ring is 1. The van der Waals surface area contributed by atoms with E-state index in [0.717, 1.165) is 0 Å². The third-order valence-corrected chi connectivity index (χ3v) is 3.69. The Balaban J connectivity index is 2.19. The largest absolute Gasteiger partial charge is 0.455 e. The zero-order chi connectivity index (χ0) is 15.4. The maximum atomic E-state index is 11.9. The Kier molecular flexibility index (Phi) is 4.75. The number of hydrogen-bond donors (Lipinski definition) is 1. The van der Waals surface area contributed by atoms with E-state index in [1.807, 2.05) is 30.5 Å². The van der Waals surface area contributed by atoms with Gasteiger partial charge in [-0.05, 0) is 48.7 Å². The third kappa shape index (κ3) is 3.70. The van der Waals surface area contributed by atoms with Crippen LogP contribution in [0, 0.1) is 0 Å². The molecule has 0 aliphatic heterocycles. The lowest BCUT2D eigenvalue weighted by molar-refractivity contribution is 0.0827. The fourth-order valence-corrected chi connectivity index (χ4v) is 2.21. The first-order valence-corrected chi connectivity index (χ1v) is 7.67. The van der Waals surface area contributed by atoms with Crippen molar-refractivity contribution in [2.24, 2.45) is 0 Å². The van der Waals surface area contributed by atoms with Gasteiger partial charge in [-0.15, -0.1) is 11.8 Å². The van der Waals surface area contributed by atoms with Gasteiger partial charge in [0.05, 0.1) is 5.69 Å². The summed E-state index contributed by atoms with van der Waals surface area (Å²) in [7, 11) is 3.41. The van der Waals surface area contributed by atoms with E-state index in [9.17, 15) is 4.79 Å². The second kappa shape index (κ2) is 6.54. The van der Waals surface area contributed by atoms with Crippen molar-refractivity contribution in [3.63, 3.8) is 0 Å². The number of nitrogens with zero attached hydrogens (tertiary/aromatic N) is 1. The fraction of sp³-hybridized carbons (Fsp3) is 0.188. The van der Waals surface area contributed by atoms with Gasteiger partial charge in [0, 0.05) is 24.6 Å². The molecule has 2 aromatic carbocycles. The molecule has 0 heterocycles. The Morgan fingerprint density at radius 3 is 2.33 bits per heavy atom. The molecule has 0 atom stereocenters. The van der Waals surface area contributed by atoms with Crippen molar-refractivity contribution < 1.29 is 9.53 Å². The molecule has 0 saturated heterocycles. The molecule has 21 heavy (non-hydrogen) atoms. The quantitative estimate of drug-likeness (QED) is 0.694. The summed E-state index contributed by atoms with van der Waals surface area (Å²) in [5, 5.41) is 0. The minimum Gasteiger partial charge on any atom is -0.455 e. The molecule has 0 aliphatic carbocycles. The van der Waals surface area contributed by atoms with E-state index in [1.165, 1.54) is 9.80 Å². The highest BCUT2D eigenvalue weighted by molar-refractivity contribution is 7.98. The molecule has 110 valence electrons. The van der Waals surface area contributed by atoms with Crippen LogP contribution in [0.25, 0.3) is 0 Å². The molecule has 0 aromatic heterocycles. The number of anilines is 1. The summed E-state index contributed by atoms with van der Waals surface area (Å²) in [5.41, 5.74) is 6.95. The van der Waals surface area contributed by atoms with E-state index < -0.39 is 0 Å². The highest BCUT2D eigenvalue weighted by Crippen LogP contribution is 2.29. The van der Waals surface area contributed by atoms with Crippen LogP contribution in [-0.2, 0) is 0 Å². The Hall–Kier alpha value is -2.14. The molecule has 2 N–H and O–H groups in total. The van der Waals surface area contributed by atoms with Crippen molar-refractivity contribution in [1.82, 2.24) is 4.90 Å². The molecule has 2 aromatic rings. The van der Waals surface area contributed by atoms with Crippen LogP contribution in [0.1, 0.15) is 10.4 Å². The molecular formula is C16H18N2O2S. The maximum absolute atomic E-state index is 11.9. The lowest BCUT2D eigenvalue weighted by Gasteiger charge is -2.13. The zero-order valence-electron chi connectivity index (χ0n) is 12.3. The van der Waals surface area contributed by atoms with Gasteiger partial charge in [-0.25, -0.2) is 0 Å². The van der Waals surface area contributed by atoms with Crippen molar-refractivity contribution in [2.45, 2.75) is 4.90 Å². The van der Waals surface area contributed by atoms with Gasteiger partial charge >= 0.3 is 0 Å². The molecule has 0 spiro atoms. The van der Waals surface area contributed by atoms with E-state index in [4.69, 9.17) is 10.5 Å². The van der Waals surface area contributed by atoms with Crippen LogP contribution in [0.2, 0.25) is 0 Å². The number of ether oxygens (including phenoxy) is 1. The lowest BCUT2D eigenvalue weighted by atomic mass is 10.1. The van der Waals surface area contributed by atoms with E-state index >= 15 is 0 Å². The Morgan fingerprint density at radius 2 is 1.81 bits per heavy atom. The Labute approximate surface area is 128 Å². The number of benzene rings is 2. The van der Waals surface area contributed by atoms with Crippen LogP contribution in [-0.4, -0.2) is 31.2 Å². The van der Waals surface area contributed by atoms with Crippen LogP contribution in [0.15, 0.2) is 47.4 Å².